The summed E-state index contributed by atoms with van der Waals surface area (Å²) in [6, 6.07) is 0. The van der Waals surface area contributed by atoms with Crippen LogP contribution < -0.4 is 0 Å². The second-order valence-electron chi connectivity index (χ2n) is 2.48. The van der Waals surface area contributed by atoms with Crippen LogP contribution in [-0.4, -0.2) is 14.3 Å². The number of alkyl halides is 2. The second-order valence-corrected chi connectivity index (χ2v) is 7.04. The molecular weight excluding hydrogens is 276 g/mol. The first-order valence-corrected chi connectivity index (χ1v) is 4.70. The summed E-state index contributed by atoms with van der Waals surface area (Å²) >= 11 is 6.68. The van der Waals surface area contributed by atoms with Crippen molar-refractivity contribution in [3.05, 3.63) is 12.2 Å². The molecule has 0 bridgehead atoms. The van der Waals surface area contributed by atoms with Crippen LogP contribution in [0.4, 0.5) is 0 Å². The van der Waals surface area contributed by atoms with Crippen molar-refractivity contribution in [3.8, 4) is 0 Å². The van der Waals surface area contributed by atoms with Gasteiger partial charge in [-0.2, -0.15) is 0 Å². The molecule has 0 unspecified atom stereocenters. The first-order valence-electron chi connectivity index (χ1n) is 3.12. The standard InChI is InChI=1S/C7H10Br2O2/c1-5(6(10)11)3-4-7(2,8)9/h1,3-4H2,2H3,(H,10,11). The summed E-state index contributed by atoms with van der Waals surface area (Å²) in [5.74, 6) is -0.922. The van der Waals surface area contributed by atoms with E-state index in [2.05, 4.69) is 38.4 Å². The summed E-state index contributed by atoms with van der Waals surface area (Å²) < 4.78 is -0.182. The molecule has 1 N–H and O–H groups in total. The number of hydrogen-bond donors (Lipinski definition) is 1. The maximum atomic E-state index is 10.3. The van der Waals surface area contributed by atoms with Crippen LogP contribution in [0, 0.1) is 0 Å². The fourth-order valence-electron chi connectivity index (χ4n) is 0.477. The van der Waals surface area contributed by atoms with Gasteiger partial charge >= 0.3 is 5.97 Å². The zero-order valence-corrected chi connectivity index (χ0v) is 9.40. The second kappa shape index (κ2) is 4.26. The molecule has 0 aliphatic carbocycles. The van der Waals surface area contributed by atoms with Gasteiger partial charge in [-0.05, 0) is 19.8 Å². The Morgan fingerprint density at radius 2 is 2.09 bits per heavy atom. The fourth-order valence-corrected chi connectivity index (χ4v) is 0.874. The number of carbonyl (C=O) groups is 1. The van der Waals surface area contributed by atoms with Crippen LogP contribution in [0.25, 0.3) is 0 Å². The lowest BCUT2D eigenvalue weighted by atomic mass is 10.1. The van der Waals surface area contributed by atoms with Gasteiger partial charge in [-0.3, -0.25) is 0 Å². The van der Waals surface area contributed by atoms with Crippen LogP contribution in [0.5, 0.6) is 0 Å². The lowest BCUT2D eigenvalue weighted by Gasteiger charge is -2.12. The summed E-state index contributed by atoms with van der Waals surface area (Å²) in [6.45, 7) is 5.33. The molecule has 0 heterocycles. The summed E-state index contributed by atoms with van der Waals surface area (Å²) in [6.07, 6.45) is 1.19. The molecular formula is C7H10Br2O2. The third kappa shape index (κ3) is 6.56. The van der Waals surface area contributed by atoms with E-state index in [-0.39, 0.29) is 8.81 Å². The number of halogens is 2. The molecule has 0 aliphatic rings. The molecule has 0 aliphatic heterocycles. The van der Waals surface area contributed by atoms with Gasteiger partial charge in [0, 0.05) is 5.57 Å². The molecule has 64 valence electrons. The molecule has 0 aromatic rings. The number of hydrogen-bond acceptors (Lipinski definition) is 1. The lowest BCUT2D eigenvalue weighted by Crippen LogP contribution is -2.07. The van der Waals surface area contributed by atoms with E-state index in [9.17, 15) is 4.79 Å². The van der Waals surface area contributed by atoms with E-state index >= 15 is 0 Å². The zero-order valence-electron chi connectivity index (χ0n) is 6.23. The smallest absolute Gasteiger partial charge is 0.330 e. The summed E-state index contributed by atoms with van der Waals surface area (Å²) in [5.41, 5.74) is 0.245. The van der Waals surface area contributed by atoms with Crippen molar-refractivity contribution in [1.29, 1.82) is 0 Å². The van der Waals surface area contributed by atoms with Crippen molar-refractivity contribution >= 4 is 37.8 Å². The van der Waals surface area contributed by atoms with Gasteiger partial charge in [0.2, 0.25) is 0 Å². The highest BCUT2D eigenvalue weighted by Crippen LogP contribution is 2.31. The normalized spacial score (nSPS) is 11.2. The molecule has 0 radical (unpaired) electrons. The average molecular weight is 286 g/mol. The summed E-state index contributed by atoms with van der Waals surface area (Å²) in [5, 5.41) is 8.45. The monoisotopic (exact) mass is 284 g/mol. The van der Waals surface area contributed by atoms with Gasteiger partial charge < -0.3 is 5.11 Å². The van der Waals surface area contributed by atoms with E-state index in [0.29, 0.717) is 12.8 Å². The van der Waals surface area contributed by atoms with Gasteiger partial charge in [0.1, 0.15) is 0 Å². The minimum atomic E-state index is -0.922. The third-order valence-electron chi connectivity index (χ3n) is 1.17. The van der Waals surface area contributed by atoms with Crippen LogP contribution in [0.15, 0.2) is 12.2 Å². The molecule has 0 aromatic heterocycles. The summed E-state index contributed by atoms with van der Waals surface area (Å²) in [7, 11) is 0. The molecule has 0 spiro atoms. The van der Waals surface area contributed by atoms with E-state index in [4.69, 9.17) is 5.11 Å². The molecule has 11 heavy (non-hydrogen) atoms. The number of carboxylic acid groups (broad SMARTS) is 1. The Morgan fingerprint density at radius 1 is 1.64 bits per heavy atom. The van der Waals surface area contributed by atoms with Crippen LogP contribution in [0.2, 0.25) is 0 Å². The van der Waals surface area contributed by atoms with Gasteiger partial charge in [-0.1, -0.05) is 38.4 Å². The Kier molecular flexibility index (Phi) is 4.32. The predicted octanol–water partition coefficient (Wildman–Crippen LogP) is 2.91. The molecule has 0 atom stereocenters. The SMILES string of the molecule is C=C(CCC(C)(Br)Br)C(=O)O. The molecule has 0 saturated carbocycles. The number of rotatable bonds is 4. The van der Waals surface area contributed by atoms with Gasteiger partial charge in [0.05, 0.1) is 3.23 Å². The minimum Gasteiger partial charge on any atom is -0.478 e. The molecule has 0 saturated heterocycles. The van der Waals surface area contributed by atoms with Crippen LogP contribution in [-0.2, 0) is 4.79 Å². The maximum Gasteiger partial charge on any atom is 0.330 e. The Bertz CT molecular complexity index is 170. The van der Waals surface area contributed by atoms with Gasteiger partial charge in [-0.15, -0.1) is 0 Å². The molecule has 4 heteroatoms. The van der Waals surface area contributed by atoms with E-state index in [1.54, 1.807) is 0 Å². The molecule has 0 fully saturated rings. The van der Waals surface area contributed by atoms with Crippen molar-refractivity contribution < 1.29 is 9.90 Å². The Morgan fingerprint density at radius 3 is 2.36 bits per heavy atom. The van der Waals surface area contributed by atoms with Crippen LogP contribution in [0.3, 0.4) is 0 Å². The lowest BCUT2D eigenvalue weighted by molar-refractivity contribution is -0.132. The van der Waals surface area contributed by atoms with Crippen molar-refractivity contribution in [2.45, 2.75) is 23.0 Å². The summed E-state index contributed by atoms with van der Waals surface area (Å²) in [4.78, 5) is 10.3. The first kappa shape index (κ1) is 11.2. The largest absolute Gasteiger partial charge is 0.478 e. The first-order chi connectivity index (χ1) is 4.83. The average Bonchev–Trinajstić information content (AvgIpc) is 1.80. The highest BCUT2D eigenvalue weighted by molar-refractivity contribution is 9.25. The Labute approximate surface area is 82.9 Å². The van der Waals surface area contributed by atoms with E-state index < -0.39 is 5.97 Å². The predicted molar refractivity (Wildman–Crippen MR) is 52.3 cm³/mol. The third-order valence-corrected chi connectivity index (χ3v) is 1.96. The van der Waals surface area contributed by atoms with E-state index in [0.717, 1.165) is 0 Å². The fraction of sp³-hybridized carbons (Fsp3) is 0.571. The topological polar surface area (TPSA) is 37.3 Å². The molecule has 2 nitrogen and oxygen atoms in total. The van der Waals surface area contributed by atoms with E-state index in [1.165, 1.54) is 0 Å². The highest BCUT2D eigenvalue weighted by atomic mass is 79.9. The van der Waals surface area contributed by atoms with Crippen LogP contribution >= 0.6 is 31.9 Å². The quantitative estimate of drug-likeness (QED) is 0.637. The van der Waals surface area contributed by atoms with Gasteiger partial charge in [0.15, 0.2) is 0 Å². The molecule has 0 rings (SSSR count). The highest BCUT2D eigenvalue weighted by Gasteiger charge is 2.16. The maximum absolute atomic E-state index is 10.3. The van der Waals surface area contributed by atoms with E-state index in [1.807, 2.05) is 6.92 Å². The van der Waals surface area contributed by atoms with Crippen molar-refractivity contribution in [2.75, 3.05) is 0 Å². The van der Waals surface area contributed by atoms with Crippen molar-refractivity contribution in [2.24, 2.45) is 0 Å². The Balaban J connectivity index is 3.73. The minimum absolute atomic E-state index is 0.182. The van der Waals surface area contributed by atoms with Gasteiger partial charge in [-0.25, -0.2) is 4.79 Å². The van der Waals surface area contributed by atoms with Crippen molar-refractivity contribution in [3.63, 3.8) is 0 Å². The Hall–Kier alpha value is 0.170. The number of carboxylic acids is 1. The van der Waals surface area contributed by atoms with Crippen molar-refractivity contribution in [1.82, 2.24) is 0 Å². The molecule has 0 aromatic carbocycles. The molecule has 0 amide bonds. The van der Waals surface area contributed by atoms with Gasteiger partial charge in [0.25, 0.3) is 0 Å². The zero-order chi connectivity index (χ0) is 9.07. The number of aliphatic carboxylic acids is 1. The van der Waals surface area contributed by atoms with Crippen LogP contribution in [0.1, 0.15) is 19.8 Å².